The van der Waals surface area contributed by atoms with E-state index >= 15 is 0 Å². The Morgan fingerprint density at radius 1 is 1.13 bits per heavy atom. The van der Waals surface area contributed by atoms with Crippen LogP contribution in [0.4, 0.5) is 0 Å². The summed E-state index contributed by atoms with van der Waals surface area (Å²) in [5.74, 6) is -3.28. The number of aliphatic carboxylic acids is 1. The van der Waals surface area contributed by atoms with Crippen molar-refractivity contribution in [3.05, 3.63) is 11.1 Å². The highest BCUT2D eigenvalue weighted by molar-refractivity contribution is 5.86. The predicted octanol–water partition coefficient (Wildman–Crippen LogP) is 0.844. The first kappa shape index (κ1) is 16.5. The highest BCUT2D eigenvalue weighted by Crippen LogP contribution is 2.01. The molecule has 0 saturated heterocycles. The highest BCUT2D eigenvalue weighted by atomic mass is 16.7. The number of hydrogen-bond acceptors (Lipinski definition) is 4. The first-order valence-corrected chi connectivity index (χ1v) is 4.66. The molecule has 0 fully saturated rings. The highest BCUT2D eigenvalue weighted by Gasteiger charge is 2.14. The first-order chi connectivity index (χ1) is 6.61. The minimum Gasteiger partial charge on any atom is -0.478 e. The standard InChI is InChI=1S/C6H10O2.C4H10O3/c1-4(2)5(3)6(7)8;1-2-3-4(5,6)7/h1-3H3,(H,7,8);5-7H,2-3H2,1H3. The van der Waals surface area contributed by atoms with Gasteiger partial charge in [0.1, 0.15) is 0 Å². The fourth-order valence-corrected chi connectivity index (χ4v) is 0.549. The summed E-state index contributed by atoms with van der Waals surface area (Å²) >= 11 is 0. The van der Waals surface area contributed by atoms with E-state index in [2.05, 4.69) is 0 Å². The maximum Gasteiger partial charge on any atom is 0.331 e. The SMILES string of the molecule is CC(C)=C(C)C(=O)O.CCCC(O)(O)O. The van der Waals surface area contributed by atoms with Crippen LogP contribution in [0.5, 0.6) is 0 Å². The van der Waals surface area contributed by atoms with Crippen molar-refractivity contribution in [2.24, 2.45) is 0 Å². The van der Waals surface area contributed by atoms with Gasteiger partial charge in [-0.05, 0) is 27.2 Å². The minimum atomic E-state index is -2.45. The maximum absolute atomic E-state index is 10.1. The molecular formula is C10H20O5. The second-order valence-corrected chi connectivity index (χ2v) is 3.45. The van der Waals surface area contributed by atoms with Crippen molar-refractivity contribution in [3.63, 3.8) is 0 Å². The Hall–Kier alpha value is -0.910. The monoisotopic (exact) mass is 220 g/mol. The fraction of sp³-hybridized carbons (Fsp3) is 0.700. The quantitative estimate of drug-likeness (QED) is 0.417. The van der Waals surface area contributed by atoms with E-state index in [0.717, 1.165) is 5.57 Å². The van der Waals surface area contributed by atoms with Gasteiger partial charge in [-0.2, -0.15) is 0 Å². The lowest BCUT2D eigenvalue weighted by molar-refractivity contribution is -0.314. The molecule has 0 radical (unpaired) electrons. The molecule has 0 aliphatic rings. The van der Waals surface area contributed by atoms with Gasteiger partial charge in [-0.15, -0.1) is 0 Å². The molecule has 0 bridgehead atoms. The van der Waals surface area contributed by atoms with Gasteiger partial charge < -0.3 is 20.4 Å². The average molecular weight is 220 g/mol. The lowest BCUT2D eigenvalue weighted by Gasteiger charge is -2.10. The molecular weight excluding hydrogens is 200 g/mol. The second kappa shape index (κ2) is 7.39. The summed E-state index contributed by atoms with van der Waals surface area (Å²) in [5, 5.41) is 32.7. The van der Waals surface area contributed by atoms with Gasteiger partial charge in [0.2, 0.25) is 0 Å². The average Bonchev–Trinajstić information content (AvgIpc) is 2.01. The van der Waals surface area contributed by atoms with Crippen molar-refractivity contribution in [2.75, 3.05) is 0 Å². The number of carboxylic acids is 1. The molecule has 0 aliphatic heterocycles. The van der Waals surface area contributed by atoms with Gasteiger partial charge in [0.05, 0.1) is 0 Å². The molecule has 0 aliphatic carbocycles. The van der Waals surface area contributed by atoms with Gasteiger partial charge in [-0.3, -0.25) is 0 Å². The van der Waals surface area contributed by atoms with Crippen LogP contribution in [0.3, 0.4) is 0 Å². The van der Waals surface area contributed by atoms with E-state index in [1.807, 2.05) is 0 Å². The summed E-state index contributed by atoms with van der Waals surface area (Å²) < 4.78 is 0. The molecule has 4 N–H and O–H groups in total. The number of carbonyl (C=O) groups is 1. The van der Waals surface area contributed by atoms with E-state index in [-0.39, 0.29) is 6.42 Å². The molecule has 0 atom stereocenters. The zero-order valence-corrected chi connectivity index (χ0v) is 9.61. The molecule has 0 aromatic heterocycles. The number of aliphatic hydroxyl groups is 3. The lowest BCUT2D eigenvalue weighted by Crippen LogP contribution is -2.26. The summed E-state index contributed by atoms with van der Waals surface area (Å²) in [6.45, 7) is 6.90. The van der Waals surface area contributed by atoms with Gasteiger partial charge in [0, 0.05) is 12.0 Å². The third kappa shape index (κ3) is 13.1. The lowest BCUT2D eigenvalue weighted by atomic mass is 10.2. The van der Waals surface area contributed by atoms with E-state index in [0.29, 0.717) is 12.0 Å². The third-order valence-corrected chi connectivity index (χ3v) is 1.66. The van der Waals surface area contributed by atoms with Crippen LogP contribution in [0.15, 0.2) is 11.1 Å². The molecule has 0 aromatic carbocycles. The smallest absolute Gasteiger partial charge is 0.331 e. The van der Waals surface area contributed by atoms with Gasteiger partial charge in [-0.25, -0.2) is 4.79 Å². The largest absolute Gasteiger partial charge is 0.478 e. The zero-order chi connectivity index (χ0) is 12.6. The van der Waals surface area contributed by atoms with E-state index in [9.17, 15) is 4.79 Å². The summed E-state index contributed by atoms with van der Waals surface area (Å²) in [4.78, 5) is 10.1. The molecule has 0 spiro atoms. The maximum atomic E-state index is 10.1. The summed E-state index contributed by atoms with van der Waals surface area (Å²) in [6, 6.07) is 0. The van der Waals surface area contributed by atoms with Crippen molar-refractivity contribution in [1.29, 1.82) is 0 Å². The molecule has 0 aromatic rings. The molecule has 0 saturated carbocycles. The molecule has 0 amide bonds. The Labute approximate surface area is 89.7 Å². The predicted molar refractivity (Wildman–Crippen MR) is 56.0 cm³/mol. The van der Waals surface area contributed by atoms with Gasteiger partial charge in [0.25, 0.3) is 5.97 Å². The normalized spacial score (nSPS) is 10.1. The van der Waals surface area contributed by atoms with E-state index < -0.39 is 11.9 Å². The van der Waals surface area contributed by atoms with Gasteiger partial charge in [0.15, 0.2) is 0 Å². The topological polar surface area (TPSA) is 98.0 Å². The summed E-state index contributed by atoms with van der Waals surface area (Å²) in [6.07, 6.45) is 0.566. The van der Waals surface area contributed by atoms with E-state index in [4.69, 9.17) is 20.4 Å². The molecule has 15 heavy (non-hydrogen) atoms. The summed E-state index contributed by atoms with van der Waals surface area (Å²) in [5.41, 5.74) is 1.29. The molecule has 0 rings (SSSR count). The summed E-state index contributed by atoms with van der Waals surface area (Å²) in [7, 11) is 0. The number of rotatable bonds is 3. The first-order valence-electron chi connectivity index (χ1n) is 4.66. The van der Waals surface area contributed by atoms with E-state index in [1.54, 1.807) is 27.7 Å². The van der Waals surface area contributed by atoms with Gasteiger partial charge in [-0.1, -0.05) is 12.5 Å². The molecule has 90 valence electrons. The number of allylic oxidation sites excluding steroid dienone is 1. The Balaban J connectivity index is 0. The second-order valence-electron chi connectivity index (χ2n) is 3.45. The zero-order valence-electron chi connectivity index (χ0n) is 9.61. The van der Waals surface area contributed by atoms with Crippen LogP contribution in [0.2, 0.25) is 0 Å². The van der Waals surface area contributed by atoms with Crippen LogP contribution < -0.4 is 0 Å². The van der Waals surface area contributed by atoms with Crippen molar-refractivity contribution in [1.82, 2.24) is 0 Å². The Bertz CT molecular complexity index is 220. The molecule has 5 nitrogen and oxygen atoms in total. The fourth-order valence-electron chi connectivity index (χ4n) is 0.549. The van der Waals surface area contributed by atoms with Crippen LogP contribution in [0.25, 0.3) is 0 Å². The third-order valence-electron chi connectivity index (χ3n) is 1.66. The van der Waals surface area contributed by atoms with Crippen molar-refractivity contribution < 1.29 is 25.2 Å². The Morgan fingerprint density at radius 3 is 1.53 bits per heavy atom. The van der Waals surface area contributed by atoms with Crippen LogP contribution in [0.1, 0.15) is 40.5 Å². The van der Waals surface area contributed by atoms with Crippen LogP contribution in [-0.2, 0) is 4.79 Å². The Morgan fingerprint density at radius 2 is 1.53 bits per heavy atom. The van der Waals surface area contributed by atoms with Crippen molar-refractivity contribution >= 4 is 5.97 Å². The number of hydrogen-bond donors (Lipinski definition) is 4. The van der Waals surface area contributed by atoms with Crippen molar-refractivity contribution in [2.45, 2.75) is 46.5 Å². The van der Waals surface area contributed by atoms with Crippen molar-refractivity contribution in [3.8, 4) is 0 Å². The van der Waals surface area contributed by atoms with Crippen LogP contribution in [0, 0.1) is 0 Å². The van der Waals surface area contributed by atoms with Crippen LogP contribution in [-0.4, -0.2) is 32.4 Å². The Kier molecular flexibility index (Phi) is 8.14. The minimum absolute atomic E-state index is 0.00694. The molecule has 0 heterocycles. The molecule has 0 unspecified atom stereocenters. The van der Waals surface area contributed by atoms with E-state index in [1.165, 1.54) is 0 Å². The molecule has 5 heteroatoms. The van der Waals surface area contributed by atoms with Gasteiger partial charge >= 0.3 is 5.97 Å². The van der Waals surface area contributed by atoms with Crippen LogP contribution >= 0.6 is 0 Å². The number of carboxylic acid groups (broad SMARTS) is 1.